The van der Waals surface area contributed by atoms with Crippen molar-refractivity contribution in [1.82, 2.24) is 0 Å². The zero-order valence-corrected chi connectivity index (χ0v) is 16.0. The van der Waals surface area contributed by atoms with E-state index in [2.05, 4.69) is 0 Å². The molecule has 0 aromatic heterocycles. The van der Waals surface area contributed by atoms with Crippen LogP contribution in [0.1, 0.15) is 5.56 Å². The van der Waals surface area contributed by atoms with Crippen molar-refractivity contribution in [2.45, 2.75) is 0 Å². The second-order valence-corrected chi connectivity index (χ2v) is 6.93. The van der Waals surface area contributed by atoms with Crippen molar-refractivity contribution >= 4 is 28.5 Å². The molecule has 0 radical (unpaired) electrons. The van der Waals surface area contributed by atoms with Crippen LogP contribution in [0.5, 0.6) is 5.75 Å². The van der Waals surface area contributed by atoms with Gasteiger partial charge in [0.25, 0.3) is 0 Å². The van der Waals surface area contributed by atoms with Gasteiger partial charge in [-0.1, -0.05) is 5.76 Å². The molecule has 2 aliphatic carbocycles. The number of allylic oxidation sites excluding steroid dienone is 5. The molecule has 0 unspecified atom stereocenters. The first-order chi connectivity index (χ1) is 13.1. The molecule has 1 aromatic rings. The Morgan fingerprint density at radius 2 is 1.64 bits per heavy atom. The van der Waals surface area contributed by atoms with Gasteiger partial charge in [-0.3, -0.25) is 9.59 Å². The Balaban J connectivity index is 2.18. The molecule has 28 heavy (non-hydrogen) atoms. The fourth-order valence-electron chi connectivity index (χ4n) is 3.07. The van der Waals surface area contributed by atoms with E-state index in [9.17, 15) is 24.9 Å². The summed E-state index contributed by atoms with van der Waals surface area (Å²) >= 11 is 0. The predicted octanol–water partition coefficient (Wildman–Crippen LogP) is 0.703. The number of rotatable bonds is 2. The van der Waals surface area contributed by atoms with Crippen LogP contribution in [0.3, 0.4) is 0 Å². The van der Waals surface area contributed by atoms with Crippen molar-refractivity contribution in [3.05, 3.63) is 64.7 Å². The summed E-state index contributed by atoms with van der Waals surface area (Å²) in [7, 11) is 7.12. The van der Waals surface area contributed by atoms with Crippen molar-refractivity contribution in [2.24, 2.45) is 0 Å². The molecule has 0 aliphatic heterocycles. The van der Waals surface area contributed by atoms with E-state index in [-0.39, 0.29) is 33.8 Å². The van der Waals surface area contributed by atoms with Gasteiger partial charge in [-0.15, -0.1) is 0 Å². The van der Waals surface area contributed by atoms with E-state index in [4.69, 9.17) is 0 Å². The Morgan fingerprint density at radius 3 is 2.18 bits per heavy atom. The summed E-state index contributed by atoms with van der Waals surface area (Å²) in [5.41, 5.74) is 0.555. The third-order valence-electron chi connectivity index (χ3n) is 4.65. The Morgan fingerprint density at radius 1 is 1.00 bits per heavy atom. The van der Waals surface area contributed by atoms with E-state index >= 15 is 0 Å². The van der Waals surface area contributed by atoms with Crippen LogP contribution in [0, 0.1) is 0 Å². The highest BCUT2D eigenvalue weighted by Gasteiger charge is 2.36. The molecule has 0 amide bonds. The van der Waals surface area contributed by atoms with Gasteiger partial charge in [-0.05, 0) is 18.2 Å². The predicted molar refractivity (Wildman–Crippen MR) is 103 cm³/mol. The number of aliphatic hydroxyl groups excluding tert-OH is 1. The number of benzene rings is 1. The molecule has 0 atom stereocenters. The van der Waals surface area contributed by atoms with E-state index in [1.54, 1.807) is 49.8 Å². The molecule has 0 bridgehead atoms. The number of nitrogens with zero attached hydrogens (tertiary/aromatic N) is 2. The quantitative estimate of drug-likeness (QED) is 0.445. The molecule has 0 saturated carbocycles. The fourth-order valence-corrected chi connectivity index (χ4v) is 3.07. The second kappa shape index (κ2) is 6.84. The van der Waals surface area contributed by atoms with Crippen LogP contribution >= 0.6 is 0 Å². The topological polar surface area (TPSA) is 104 Å². The average Bonchev–Trinajstić information content (AvgIpc) is 2.84. The maximum Gasteiger partial charge on any atom is 0.233 e. The molecule has 2 aliphatic rings. The summed E-state index contributed by atoms with van der Waals surface area (Å²) in [6.45, 7) is 0. The largest absolute Gasteiger partial charge is 0.871 e. The van der Waals surface area contributed by atoms with E-state index in [0.717, 1.165) is 0 Å². The van der Waals surface area contributed by atoms with Crippen LogP contribution in [-0.2, 0) is 9.59 Å². The minimum absolute atomic E-state index is 0.00616. The molecule has 0 heterocycles. The minimum Gasteiger partial charge on any atom is -0.871 e. The standard InChI is InChI=1S/C21H20N2O5/c1-22(2)11-5-7-13(15(24)9-11)17-19(26)18(21(28)20(17)27)14-8-6-12(23(3)4)10-16(14)25/h5-10H,1-4H3,(H2,24,25,26,27,28). The number of anilines is 1. The summed E-state index contributed by atoms with van der Waals surface area (Å²) < 4.78 is 1.75. The zero-order chi connectivity index (χ0) is 20.7. The molecule has 7 nitrogen and oxygen atoms in total. The maximum absolute atomic E-state index is 12.9. The molecule has 0 fully saturated rings. The number of ketones is 2. The van der Waals surface area contributed by atoms with Crippen molar-refractivity contribution in [2.75, 3.05) is 33.1 Å². The van der Waals surface area contributed by atoms with Crippen LogP contribution in [0.2, 0.25) is 0 Å². The molecule has 0 spiro atoms. The number of phenols is 1. The monoisotopic (exact) mass is 380 g/mol. The Labute approximate surface area is 162 Å². The molecule has 7 heteroatoms. The summed E-state index contributed by atoms with van der Waals surface area (Å²) in [4.78, 5) is 26.8. The van der Waals surface area contributed by atoms with Crippen LogP contribution < -0.4 is 10.0 Å². The summed E-state index contributed by atoms with van der Waals surface area (Å²) in [5.74, 6) is -3.35. The highest BCUT2D eigenvalue weighted by Crippen LogP contribution is 2.38. The lowest BCUT2D eigenvalue weighted by Gasteiger charge is -2.17. The normalized spacial score (nSPS) is 19.4. The molecular weight excluding hydrogens is 360 g/mol. The van der Waals surface area contributed by atoms with Crippen molar-refractivity contribution in [3.8, 4) is 5.75 Å². The summed E-state index contributed by atoms with van der Waals surface area (Å²) in [6.07, 6.45) is 4.48. The van der Waals surface area contributed by atoms with Gasteiger partial charge in [-0.2, -0.15) is 0 Å². The lowest BCUT2D eigenvalue weighted by molar-refractivity contribution is -0.462. The van der Waals surface area contributed by atoms with Crippen molar-refractivity contribution in [3.63, 3.8) is 0 Å². The number of Topliss-reactive ketones (excluding diaryl/α,β-unsaturated/α-hetero) is 2. The third-order valence-corrected chi connectivity index (χ3v) is 4.65. The van der Waals surface area contributed by atoms with Crippen molar-refractivity contribution in [1.29, 1.82) is 0 Å². The maximum atomic E-state index is 12.9. The van der Waals surface area contributed by atoms with Gasteiger partial charge in [0.2, 0.25) is 17.3 Å². The summed E-state index contributed by atoms with van der Waals surface area (Å²) in [5, 5.41) is 33.5. The molecule has 1 aromatic carbocycles. The van der Waals surface area contributed by atoms with E-state index in [1.165, 1.54) is 24.3 Å². The number of carbonyl (C=O) groups is 2. The van der Waals surface area contributed by atoms with Crippen molar-refractivity contribution < 1.29 is 29.5 Å². The number of carbonyl (C=O) groups excluding carboxylic acids is 2. The van der Waals surface area contributed by atoms with Gasteiger partial charge >= 0.3 is 0 Å². The van der Waals surface area contributed by atoms with Crippen LogP contribution in [0.15, 0.2) is 59.1 Å². The molecular formula is C21H20N2O5. The van der Waals surface area contributed by atoms with Gasteiger partial charge in [0.1, 0.15) is 25.6 Å². The first kappa shape index (κ1) is 19.2. The van der Waals surface area contributed by atoms with Gasteiger partial charge in [0.15, 0.2) is 0 Å². The SMILES string of the molecule is CN(C)c1ccc(C2=C([O-])/C(=C3\C=CC(=[N+](C)C)C=C3O)C(=O)C2=O)c(O)c1. The molecule has 144 valence electrons. The Kier molecular flexibility index (Phi) is 4.68. The van der Waals surface area contributed by atoms with Gasteiger partial charge in [0.05, 0.1) is 6.08 Å². The Hall–Kier alpha value is -3.61. The number of phenolic OH excluding ortho intramolecular Hbond substituents is 1. The van der Waals surface area contributed by atoms with Crippen LogP contribution in [-0.4, -0.2) is 60.3 Å². The van der Waals surface area contributed by atoms with E-state index in [1.807, 2.05) is 0 Å². The average molecular weight is 380 g/mol. The van der Waals surface area contributed by atoms with E-state index in [0.29, 0.717) is 11.4 Å². The molecule has 0 saturated heterocycles. The van der Waals surface area contributed by atoms with Gasteiger partial charge < -0.3 is 20.2 Å². The molecule has 2 N–H and O–H groups in total. The molecule has 3 rings (SSSR count). The van der Waals surface area contributed by atoms with Crippen LogP contribution in [0.25, 0.3) is 5.57 Å². The summed E-state index contributed by atoms with van der Waals surface area (Å²) in [6, 6.07) is 4.48. The number of aromatic hydroxyl groups is 1. The first-order valence-corrected chi connectivity index (χ1v) is 8.52. The lowest BCUT2D eigenvalue weighted by Crippen LogP contribution is -2.17. The number of aliphatic hydroxyl groups is 1. The van der Waals surface area contributed by atoms with Gasteiger partial charge in [0, 0.05) is 54.2 Å². The zero-order valence-electron chi connectivity index (χ0n) is 16.0. The second-order valence-electron chi connectivity index (χ2n) is 6.93. The third kappa shape index (κ3) is 3.00. The highest BCUT2D eigenvalue weighted by atomic mass is 16.3. The van der Waals surface area contributed by atoms with Gasteiger partial charge in [-0.25, -0.2) is 4.58 Å². The van der Waals surface area contributed by atoms with E-state index < -0.39 is 17.3 Å². The lowest BCUT2D eigenvalue weighted by atomic mass is 9.98. The number of hydrogen-bond donors (Lipinski definition) is 2. The smallest absolute Gasteiger partial charge is 0.233 e. The number of hydrogen-bond acceptors (Lipinski definition) is 6. The first-order valence-electron chi connectivity index (χ1n) is 8.52. The van der Waals surface area contributed by atoms with Crippen LogP contribution in [0.4, 0.5) is 5.69 Å². The highest BCUT2D eigenvalue weighted by molar-refractivity contribution is 6.63. The minimum atomic E-state index is -0.996. The Bertz CT molecular complexity index is 1060. The fraction of sp³-hybridized carbons (Fsp3) is 0.190.